The number of aliphatic hydroxyl groups excluding tert-OH is 1. The van der Waals surface area contributed by atoms with Gasteiger partial charge < -0.3 is 30.8 Å². The number of nitrogens with two attached hydrogens (primary N) is 2. The summed E-state index contributed by atoms with van der Waals surface area (Å²) in [5, 5.41) is 9.35. The SMILES string of the molecule is COC(=O)C(=C(/N)O)/C(=C\N)Oc1cccc(OC)c1. The van der Waals surface area contributed by atoms with Crippen LogP contribution >= 0.6 is 0 Å². The molecule has 7 heteroatoms. The Morgan fingerprint density at radius 2 is 1.95 bits per heavy atom. The minimum atomic E-state index is -0.871. The molecule has 0 saturated heterocycles. The predicted molar refractivity (Wildman–Crippen MR) is 71.8 cm³/mol. The van der Waals surface area contributed by atoms with Gasteiger partial charge in [-0.05, 0) is 12.1 Å². The predicted octanol–water partition coefficient (Wildman–Crippen LogP) is 0.775. The minimum Gasteiger partial charge on any atom is -0.497 e. The largest absolute Gasteiger partial charge is 0.497 e. The van der Waals surface area contributed by atoms with Crippen LogP contribution in [0.3, 0.4) is 0 Å². The zero-order valence-electron chi connectivity index (χ0n) is 11.1. The molecule has 0 radical (unpaired) electrons. The van der Waals surface area contributed by atoms with E-state index in [9.17, 15) is 9.90 Å². The lowest BCUT2D eigenvalue weighted by atomic mass is 10.2. The van der Waals surface area contributed by atoms with Crippen LogP contribution in [0.4, 0.5) is 0 Å². The van der Waals surface area contributed by atoms with E-state index in [4.69, 9.17) is 20.9 Å². The molecule has 7 nitrogen and oxygen atoms in total. The Morgan fingerprint density at radius 3 is 2.45 bits per heavy atom. The van der Waals surface area contributed by atoms with E-state index in [1.54, 1.807) is 24.3 Å². The average molecular weight is 280 g/mol. The lowest BCUT2D eigenvalue weighted by Crippen LogP contribution is -2.18. The van der Waals surface area contributed by atoms with Gasteiger partial charge in [-0.1, -0.05) is 6.07 Å². The highest BCUT2D eigenvalue weighted by Gasteiger charge is 2.21. The van der Waals surface area contributed by atoms with Crippen LogP contribution in [0.5, 0.6) is 11.5 Å². The van der Waals surface area contributed by atoms with Gasteiger partial charge in [0.15, 0.2) is 17.2 Å². The van der Waals surface area contributed by atoms with Crippen LogP contribution in [0.15, 0.2) is 47.7 Å². The van der Waals surface area contributed by atoms with E-state index in [-0.39, 0.29) is 11.3 Å². The van der Waals surface area contributed by atoms with Crippen LogP contribution in [0.25, 0.3) is 0 Å². The van der Waals surface area contributed by atoms with Crippen LogP contribution in [-0.2, 0) is 9.53 Å². The van der Waals surface area contributed by atoms with Crippen LogP contribution < -0.4 is 20.9 Å². The summed E-state index contributed by atoms with van der Waals surface area (Å²) in [5.41, 5.74) is 10.3. The van der Waals surface area contributed by atoms with Crippen molar-refractivity contribution in [2.24, 2.45) is 11.5 Å². The number of aliphatic hydroxyl groups is 1. The molecular weight excluding hydrogens is 264 g/mol. The second-order valence-corrected chi connectivity index (χ2v) is 3.56. The fourth-order valence-corrected chi connectivity index (χ4v) is 1.39. The average Bonchev–Trinajstić information content (AvgIpc) is 2.45. The summed E-state index contributed by atoms with van der Waals surface area (Å²) in [7, 11) is 2.65. The van der Waals surface area contributed by atoms with Gasteiger partial charge in [0.1, 0.15) is 11.5 Å². The third-order valence-corrected chi connectivity index (χ3v) is 2.31. The van der Waals surface area contributed by atoms with Crippen molar-refractivity contribution in [3.63, 3.8) is 0 Å². The molecule has 0 amide bonds. The van der Waals surface area contributed by atoms with E-state index >= 15 is 0 Å². The lowest BCUT2D eigenvalue weighted by Gasteiger charge is -2.12. The summed E-state index contributed by atoms with van der Waals surface area (Å²) >= 11 is 0. The number of carbonyl (C=O) groups is 1. The maximum absolute atomic E-state index is 11.5. The number of hydrogen-bond donors (Lipinski definition) is 3. The summed E-state index contributed by atoms with van der Waals surface area (Å²) in [6.07, 6.45) is 0.995. The first-order chi connectivity index (χ1) is 9.53. The van der Waals surface area contributed by atoms with Crippen LogP contribution in [0, 0.1) is 0 Å². The molecular formula is C13H16N2O5. The molecule has 1 rings (SSSR count). The van der Waals surface area contributed by atoms with Gasteiger partial charge in [-0.25, -0.2) is 4.79 Å². The molecule has 0 aliphatic carbocycles. The molecule has 0 aromatic heterocycles. The highest BCUT2D eigenvalue weighted by molar-refractivity contribution is 5.93. The summed E-state index contributed by atoms with van der Waals surface area (Å²) in [6.45, 7) is 0. The molecule has 0 heterocycles. The van der Waals surface area contributed by atoms with Gasteiger partial charge in [0.2, 0.25) is 0 Å². The topological polar surface area (TPSA) is 117 Å². The van der Waals surface area contributed by atoms with Gasteiger partial charge in [0.05, 0.1) is 14.2 Å². The second-order valence-electron chi connectivity index (χ2n) is 3.56. The zero-order chi connectivity index (χ0) is 15.1. The summed E-state index contributed by atoms with van der Waals surface area (Å²) in [5.74, 6) is -0.853. The highest BCUT2D eigenvalue weighted by atomic mass is 16.5. The van der Waals surface area contributed by atoms with Gasteiger partial charge in [-0.15, -0.1) is 0 Å². The van der Waals surface area contributed by atoms with Crippen LogP contribution in [0.1, 0.15) is 0 Å². The third-order valence-electron chi connectivity index (χ3n) is 2.31. The second kappa shape index (κ2) is 6.93. The van der Waals surface area contributed by atoms with E-state index in [0.29, 0.717) is 11.5 Å². The van der Waals surface area contributed by atoms with Crippen molar-refractivity contribution in [2.75, 3.05) is 14.2 Å². The quantitative estimate of drug-likeness (QED) is 0.315. The van der Waals surface area contributed by atoms with Crippen LogP contribution in [-0.4, -0.2) is 25.3 Å². The molecule has 0 saturated carbocycles. The van der Waals surface area contributed by atoms with E-state index in [0.717, 1.165) is 13.3 Å². The molecule has 0 aliphatic rings. The Labute approximate surface area is 116 Å². The van der Waals surface area contributed by atoms with Crippen LogP contribution in [0.2, 0.25) is 0 Å². The van der Waals surface area contributed by atoms with E-state index < -0.39 is 11.9 Å². The van der Waals surface area contributed by atoms with E-state index in [2.05, 4.69) is 4.74 Å². The minimum absolute atomic E-state index is 0.134. The third kappa shape index (κ3) is 3.58. The molecule has 0 bridgehead atoms. The summed E-state index contributed by atoms with van der Waals surface area (Å²) < 4.78 is 14.9. The van der Waals surface area contributed by atoms with E-state index in [1.807, 2.05) is 0 Å². The normalized spacial score (nSPS) is 12.4. The fraction of sp³-hybridized carbons (Fsp3) is 0.154. The standard InChI is InChI=1S/C13H16N2O5/c1-18-8-4-3-5-9(6-8)20-10(7-14)11(12(15)16)13(17)19-2/h3-7,16H,14-15H2,1-2H3/b10-7+,12-11-. The smallest absolute Gasteiger partial charge is 0.347 e. The molecule has 1 aromatic carbocycles. The maximum atomic E-state index is 11.5. The summed E-state index contributed by atoms with van der Waals surface area (Å²) in [6, 6.07) is 6.60. The van der Waals surface area contributed by atoms with Gasteiger partial charge in [0.25, 0.3) is 0 Å². The van der Waals surface area contributed by atoms with Gasteiger partial charge in [-0.3, -0.25) is 0 Å². The summed E-state index contributed by atoms with van der Waals surface area (Å²) in [4.78, 5) is 11.5. The number of carbonyl (C=O) groups excluding carboxylic acids is 1. The van der Waals surface area contributed by atoms with E-state index in [1.165, 1.54) is 7.11 Å². The molecule has 108 valence electrons. The number of esters is 1. The fourth-order valence-electron chi connectivity index (χ4n) is 1.39. The molecule has 0 aliphatic heterocycles. The van der Waals surface area contributed by atoms with Crippen molar-refractivity contribution in [2.45, 2.75) is 0 Å². The first-order valence-corrected chi connectivity index (χ1v) is 5.54. The number of benzene rings is 1. The Balaban J connectivity index is 3.08. The molecule has 20 heavy (non-hydrogen) atoms. The lowest BCUT2D eigenvalue weighted by molar-refractivity contribution is -0.136. The monoisotopic (exact) mass is 280 g/mol. The number of methoxy groups -OCH3 is 2. The number of ether oxygens (including phenoxy) is 3. The molecule has 0 fully saturated rings. The Kier molecular flexibility index (Phi) is 5.28. The highest BCUT2D eigenvalue weighted by Crippen LogP contribution is 2.23. The first-order valence-electron chi connectivity index (χ1n) is 5.54. The van der Waals surface area contributed by atoms with Crippen molar-refractivity contribution in [3.05, 3.63) is 47.7 Å². The number of rotatable bonds is 5. The molecule has 5 N–H and O–H groups in total. The zero-order valence-corrected chi connectivity index (χ0v) is 11.1. The first kappa shape index (κ1) is 15.2. The van der Waals surface area contributed by atoms with Crippen molar-refractivity contribution in [3.8, 4) is 11.5 Å². The molecule has 0 atom stereocenters. The van der Waals surface area contributed by atoms with Crippen molar-refractivity contribution < 1.29 is 24.1 Å². The Hall–Kier alpha value is -2.83. The Bertz CT molecular complexity index is 547. The Morgan fingerprint density at radius 1 is 1.30 bits per heavy atom. The molecule has 1 aromatic rings. The van der Waals surface area contributed by atoms with Crippen molar-refractivity contribution >= 4 is 5.97 Å². The maximum Gasteiger partial charge on any atom is 0.347 e. The molecule has 0 unspecified atom stereocenters. The molecule has 0 spiro atoms. The van der Waals surface area contributed by atoms with Gasteiger partial charge >= 0.3 is 5.97 Å². The number of hydrogen-bond acceptors (Lipinski definition) is 7. The van der Waals surface area contributed by atoms with Gasteiger partial charge in [0, 0.05) is 12.3 Å². The van der Waals surface area contributed by atoms with Crippen molar-refractivity contribution in [1.82, 2.24) is 0 Å². The van der Waals surface area contributed by atoms with Gasteiger partial charge in [-0.2, -0.15) is 0 Å². The van der Waals surface area contributed by atoms with Crippen molar-refractivity contribution in [1.29, 1.82) is 0 Å².